The van der Waals surface area contributed by atoms with Gasteiger partial charge in [-0.25, -0.2) is 9.18 Å². The van der Waals surface area contributed by atoms with Crippen molar-refractivity contribution in [2.75, 3.05) is 6.61 Å². The standard InChI is InChI=1S/C9H11FN2O5/c10-4-1-11-9(16)12(2-4)8-7(15)6(14)5(3-13)17-8/h1-2,5-8,13-15H,3H2/t5-,6-,7-,8-/m0/s1. The highest BCUT2D eigenvalue weighted by atomic mass is 19.1. The van der Waals surface area contributed by atoms with Crippen LogP contribution in [0, 0.1) is 5.82 Å². The molecule has 4 atom stereocenters. The van der Waals surface area contributed by atoms with Crippen molar-refractivity contribution >= 4 is 0 Å². The SMILES string of the molecule is O=c1ncc(F)cn1[C@H]1O[C@@H](CO)[C@H](O)[C@@H]1O. The highest BCUT2D eigenvalue weighted by Crippen LogP contribution is 2.27. The van der Waals surface area contributed by atoms with Gasteiger partial charge in [0.05, 0.1) is 12.8 Å². The fourth-order valence-electron chi connectivity index (χ4n) is 1.70. The number of hydrogen-bond donors (Lipinski definition) is 3. The van der Waals surface area contributed by atoms with E-state index in [4.69, 9.17) is 9.84 Å². The van der Waals surface area contributed by atoms with Gasteiger partial charge >= 0.3 is 5.69 Å². The Morgan fingerprint density at radius 3 is 2.76 bits per heavy atom. The van der Waals surface area contributed by atoms with Crippen molar-refractivity contribution in [3.05, 3.63) is 28.7 Å². The number of aliphatic hydroxyl groups excluding tert-OH is 3. The first-order valence-electron chi connectivity index (χ1n) is 4.90. The first-order valence-corrected chi connectivity index (χ1v) is 4.90. The number of halogens is 1. The van der Waals surface area contributed by atoms with Crippen molar-refractivity contribution in [2.24, 2.45) is 0 Å². The molecule has 7 nitrogen and oxygen atoms in total. The van der Waals surface area contributed by atoms with Crippen LogP contribution >= 0.6 is 0 Å². The summed E-state index contributed by atoms with van der Waals surface area (Å²) in [5.74, 6) is -0.776. The van der Waals surface area contributed by atoms with Gasteiger partial charge in [0.25, 0.3) is 0 Å². The Morgan fingerprint density at radius 1 is 1.47 bits per heavy atom. The zero-order chi connectivity index (χ0) is 12.6. The van der Waals surface area contributed by atoms with E-state index in [1.54, 1.807) is 0 Å². The molecule has 0 saturated carbocycles. The third-order valence-electron chi connectivity index (χ3n) is 2.57. The number of rotatable bonds is 2. The van der Waals surface area contributed by atoms with E-state index >= 15 is 0 Å². The van der Waals surface area contributed by atoms with Gasteiger partial charge in [-0.2, -0.15) is 4.98 Å². The molecule has 0 bridgehead atoms. The molecule has 3 N–H and O–H groups in total. The van der Waals surface area contributed by atoms with Gasteiger partial charge in [-0.3, -0.25) is 4.57 Å². The van der Waals surface area contributed by atoms with Crippen molar-refractivity contribution in [1.29, 1.82) is 0 Å². The Bertz CT molecular complexity index is 465. The van der Waals surface area contributed by atoms with E-state index in [0.717, 1.165) is 17.0 Å². The van der Waals surface area contributed by atoms with Crippen LogP contribution in [-0.4, -0.2) is 49.8 Å². The molecule has 0 spiro atoms. The van der Waals surface area contributed by atoms with E-state index < -0.39 is 42.7 Å². The van der Waals surface area contributed by atoms with Crippen molar-refractivity contribution < 1.29 is 24.4 Å². The third-order valence-corrected chi connectivity index (χ3v) is 2.57. The van der Waals surface area contributed by atoms with Crippen molar-refractivity contribution in [3.63, 3.8) is 0 Å². The Balaban J connectivity index is 2.35. The van der Waals surface area contributed by atoms with Gasteiger partial charge in [-0.1, -0.05) is 0 Å². The molecule has 1 aromatic rings. The maximum Gasteiger partial charge on any atom is 0.349 e. The Kier molecular flexibility index (Phi) is 3.20. The molecule has 1 aliphatic heterocycles. The second kappa shape index (κ2) is 4.49. The van der Waals surface area contributed by atoms with Crippen molar-refractivity contribution in [3.8, 4) is 0 Å². The molecular formula is C9H11FN2O5. The predicted molar refractivity (Wildman–Crippen MR) is 51.5 cm³/mol. The summed E-state index contributed by atoms with van der Waals surface area (Å²) < 4.78 is 18.7. The molecule has 0 aliphatic carbocycles. The molecule has 2 rings (SSSR count). The average molecular weight is 246 g/mol. The Hall–Kier alpha value is -1.35. The highest BCUT2D eigenvalue weighted by Gasteiger charge is 2.43. The van der Waals surface area contributed by atoms with Crippen LogP contribution in [0.4, 0.5) is 4.39 Å². The topological polar surface area (TPSA) is 105 Å². The average Bonchev–Trinajstić information content (AvgIpc) is 2.59. The summed E-state index contributed by atoms with van der Waals surface area (Å²) in [6.45, 7) is -0.522. The maximum absolute atomic E-state index is 12.9. The molecule has 1 fully saturated rings. The monoisotopic (exact) mass is 246 g/mol. The molecule has 0 unspecified atom stereocenters. The van der Waals surface area contributed by atoms with Gasteiger partial charge in [-0.15, -0.1) is 0 Å². The fourth-order valence-corrected chi connectivity index (χ4v) is 1.70. The van der Waals surface area contributed by atoms with Crippen LogP contribution in [0.2, 0.25) is 0 Å². The van der Waals surface area contributed by atoms with Gasteiger partial charge in [0.2, 0.25) is 0 Å². The predicted octanol–water partition coefficient (Wildman–Crippen LogP) is -2.01. The molecular weight excluding hydrogens is 235 g/mol. The third kappa shape index (κ3) is 2.07. The zero-order valence-corrected chi connectivity index (χ0v) is 8.60. The van der Waals surface area contributed by atoms with Gasteiger partial charge in [0.15, 0.2) is 12.0 Å². The quantitative estimate of drug-likeness (QED) is 0.557. The van der Waals surface area contributed by atoms with Gasteiger partial charge in [-0.05, 0) is 0 Å². The van der Waals surface area contributed by atoms with Crippen LogP contribution in [-0.2, 0) is 4.74 Å². The summed E-state index contributed by atoms with van der Waals surface area (Å²) >= 11 is 0. The maximum atomic E-state index is 12.9. The second-order valence-corrected chi connectivity index (χ2v) is 3.69. The van der Waals surface area contributed by atoms with E-state index in [1.165, 1.54) is 0 Å². The number of ether oxygens (including phenoxy) is 1. The molecule has 8 heteroatoms. The summed E-state index contributed by atoms with van der Waals surface area (Å²) in [5, 5.41) is 28.0. The lowest BCUT2D eigenvalue weighted by Gasteiger charge is -2.16. The zero-order valence-electron chi connectivity index (χ0n) is 8.60. The summed E-state index contributed by atoms with van der Waals surface area (Å²) in [7, 11) is 0. The normalized spacial score (nSPS) is 32.9. The van der Waals surface area contributed by atoms with Crippen LogP contribution in [0.3, 0.4) is 0 Å². The second-order valence-electron chi connectivity index (χ2n) is 3.69. The van der Waals surface area contributed by atoms with Crippen LogP contribution in [0.15, 0.2) is 17.2 Å². The number of aliphatic hydroxyl groups is 3. The van der Waals surface area contributed by atoms with Crippen molar-refractivity contribution in [1.82, 2.24) is 9.55 Å². The molecule has 17 heavy (non-hydrogen) atoms. The van der Waals surface area contributed by atoms with Crippen LogP contribution in [0.25, 0.3) is 0 Å². The summed E-state index contributed by atoms with van der Waals surface area (Å²) in [5.41, 5.74) is -0.818. The minimum Gasteiger partial charge on any atom is -0.394 e. The van der Waals surface area contributed by atoms with E-state index in [-0.39, 0.29) is 0 Å². The highest BCUT2D eigenvalue weighted by molar-refractivity contribution is 4.94. The lowest BCUT2D eigenvalue weighted by atomic mass is 10.1. The summed E-state index contributed by atoms with van der Waals surface area (Å²) in [6, 6.07) is 0. The molecule has 94 valence electrons. The number of aromatic nitrogens is 2. The van der Waals surface area contributed by atoms with E-state index in [0.29, 0.717) is 0 Å². The Labute approximate surface area is 94.7 Å². The lowest BCUT2D eigenvalue weighted by molar-refractivity contribution is -0.0553. The Morgan fingerprint density at radius 2 is 2.18 bits per heavy atom. The number of hydrogen-bond acceptors (Lipinski definition) is 6. The minimum absolute atomic E-state index is 0.522. The minimum atomic E-state index is -1.44. The molecule has 0 amide bonds. The molecule has 2 heterocycles. The van der Waals surface area contributed by atoms with Gasteiger partial charge in [0, 0.05) is 6.20 Å². The van der Waals surface area contributed by atoms with Gasteiger partial charge < -0.3 is 20.1 Å². The summed E-state index contributed by atoms with van der Waals surface area (Å²) in [6.07, 6.45) is -3.52. The molecule has 0 radical (unpaired) electrons. The van der Waals surface area contributed by atoms with Crippen LogP contribution in [0.1, 0.15) is 6.23 Å². The fraction of sp³-hybridized carbons (Fsp3) is 0.556. The van der Waals surface area contributed by atoms with E-state index in [1.807, 2.05) is 0 Å². The molecule has 1 saturated heterocycles. The summed E-state index contributed by atoms with van der Waals surface area (Å²) in [4.78, 5) is 14.6. The molecule has 0 aromatic carbocycles. The van der Waals surface area contributed by atoms with Crippen LogP contribution < -0.4 is 5.69 Å². The molecule has 1 aromatic heterocycles. The smallest absolute Gasteiger partial charge is 0.349 e. The number of nitrogens with zero attached hydrogens (tertiary/aromatic N) is 2. The first-order chi connectivity index (χ1) is 8.04. The van der Waals surface area contributed by atoms with E-state index in [2.05, 4.69) is 4.98 Å². The van der Waals surface area contributed by atoms with Crippen LogP contribution in [0.5, 0.6) is 0 Å². The first kappa shape index (κ1) is 12.1. The van der Waals surface area contributed by atoms with Crippen molar-refractivity contribution in [2.45, 2.75) is 24.5 Å². The molecule has 1 aliphatic rings. The largest absolute Gasteiger partial charge is 0.394 e. The lowest BCUT2D eigenvalue weighted by Crippen LogP contribution is -2.36. The van der Waals surface area contributed by atoms with E-state index in [9.17, 15) is 19.4 Å². The van der Waals surface area contributed by atoms with Gasteiger partial charge in [0.1, 0.15) is 18.3 Å².